The van der Waals surface area contributed by atoms with Gasteiger partial charge in [0.05, 0.1) is 16.2 Å². The van der Waals surface area contributed by atoms with Crippen molar-refractivity contribution in [2.75, 3.05) is 0 Å². The van der Waals surface area contributed by atoms with E-state index in [-0.39, 0.29) is 9.88 Å². The normalized spacial score (nSPS) is 11.6. The highest BCUT2D eigenvalue weighted by Crippen LogP contribution is 2.23. The highest BCUT2D eigenvalue weighted by atomic mass is 32.1. The standard InChI is InChI=1S/C9H9N3O6S/c10-6(13)3-4(9(15)16)11-8(14)5-1-2-7(19-5)12(17)18/h1-2,4H,3H2,(H2,10,13)(H,11,14)(H,15,16)/t4-/m1/s1. The summed E-state index contributed by atoms with van der Waals surface area (Å²) in [7, 11) is 0. The number of primary amides is 1. The number of aliphatic carboxylic acids is 1. The summed E-state index contributed by atoms with van der Waals surface area (Å²) in [6.45, 7) is 0. The number of carboxylic acids is 1. The van der Waals surface area contributed by atoms with Crippen LogP contribution in [0.1, 0.15) is 16.1 Å². The summed E-state index contributed by atoms with van der Waals surface area (Å²) in [6.07, 6.45) is -0.561. The van der Waals surface area contributed by atoms with E-state index in [0.717, 1.165) is 6.07 Å². The molecule has 1 aromatic heterocycles. The maximum absolute atomic E-state index is 11.6. The molecule has 10 heteroatoms. The zero-order valence-electron chi connectivity index (χ0n) is 9.36. The summed E-state index contributed by atoms with van der Waals surface area (Å²) in [5.41, 5.74) is 4.85. The lowest BCUT2D eigenvalue weighted by Gasteiger charge is -2.11. The monoisotopic (exact) mass is 287 g/mol. The summed E-state index contributed by atoms with van der Waals surface area (Å²) in [6, 6.07) is 0.858. The number of hydrogen-bond acceptors (Lipinski definition) is 6. The second kappa shape index (κ2) is 5.91. The quantitative estimate of drug-likeness (QED) is 0.483. The van der Waals surface area contributed by atoms with E-state index in [0.29, 0.717) is 11.3 Å². The Labute approximate surface area is 110 Å². The van der Waals surface area contributed by atoms with E-state index in [1.54, 1.807) is 0 Å². The zero-order valence-corrected chi connectivity index (χ0v) is 10.2. The van der Waals surface area contributed by atoms with Gasteiger partial charge < -0.3 is 16.2 Å². The second-order valence-corrected chi connectivity index (χ2v) is 4.49. The van der Waals surface area contributed by atoms with Gasteiger partial charge in [0.2, 0.25) is 5.91 Å². The van der Waals surface area contributed by atoms with E-state index in [1.807, 2.05) is 0 Å². The fraction of sp³-hybridized carbons (Fsp3) is 0.222. The van der Waals surface area contributed by atoms with Crippen molar-refractivity contribution in [3.8, 4) is 0 Å². The first kappa shape index (κ1) is 14.6. The van der Waals surface area contributed by atoms with Crippen LogP contribution in [0.4, 0.5) is 5.00 Å². The summed E-state index contributed by atoms with van der Waals surface area (Å²) < 4.78 is 0. The van der Waals surface area contributed by atoms with Gasteiger partial charge in [-0.2, -0.15) is 0 Å². The van der Waals surface area contributed by atoms with Gasteiger partial charge in [0.1, 0.15) is 6.04 Å². The maximum Gasteiger partial charge on any atom is 0.326 e. The van der Waals surface area contributed by atoms with E-state index < -0.39 is 35.2 Å². The third kappa shape index (κ3) is 4.03. The number of rotatable bonds is 6. The van der Waals surface area contributed by atoms with Crippen LogP contribution in [-0.4, -0.2) is 33.9 Å². The molecule has 0 aliphatic heterocycles. The summed E-state index contributed by atoms with van der Waals surface area (Å²) in [4.78, 5) is 42.8. The number of carbonyl (C=O) groups excluding carboxylic acids is 2. The van der Waals surface area contributed by atoms with E-state index >= 15 is 0 Å². The lowest BCUT2D eigenvalue weighted by atomic mass is 10.2. The number of nitro groups is 1. The first-order valence-corrected chi connectivity index (χ1v) is 5.69. The van der Waals surface area contributed by atoms with Gasteiger partial charge in [-0.3, -0.25) is 19.7 Å². The van der Waals surface area contributed by atoms with Crippen molar-refractivity contribution in [1.29, 1.82) is 0 Å². The smallest absolute Gasteiger partial charge is 0.326 e. The van der Waals surface area contributed by atoms with Crippen LogP contribution in [0, 0.1) is 10.1 Å². The van der Waals surface area contributed by atoms with Crippen LogP contribution in [0.2, 0.25) is 0 Å². The van der Waals surface area contributed by atoms with Gasteiger partial charge in [0.25, 0.3) is 5.91 Å². The molecule has 0 unspecified atom stereocenters. The average molecular weight is 287 g/mol. The minimum Gasteiger partial charge on any atom is -0.480 e. The van der Waals surface area contributed by atoms with Crippen LogP contribution in [-0.2, 0) is 9.59 Å². The van der Waals surface area contributed by atoms with Crippen LogP contribution in [0.15, 0.2) is 12.1 Å². The molecule has 1 rings (SSSR count). The Kier molecular flexibility index (Phi) is 4.53. The molecular weight excluding hydrogens is 278 g/mol. The van der Waals surface area contributed by atoms with Crippen LogP contribution in [0.25, 0.3) is 0 Å². The summed E-state index contributed by atoms with van der Waals surface area (Å²) in [5, 5.41) is 21.0. The minimum atomic E-state index is -1.47. The zero-order chi connectivity index (χ0) is 14.6. The van der Waals surface area contributed by atoms with E-state index in [4.69, 9.17) is 10.8 Å². The van der Waals surface area contributed by atoms with Crippen molar-refractivity contribution in [3.63, 3.8) is 0 Å². The molecule has 0 saturated carbocycles. The number of nitrogens with two attached hydrogens (primary N) is 1. The minimum absolute atomic E-state index is 0.0255. The fourth-order valence-corrected chi connectivity index (χ4v) is 1.90. The third-order valence-corrected chi connectivity index (χ3v) is 3.04. The van der Waals surface area contributed by atoms with Gasteiger partial charge in [-0.25, -0.2) is 4.79 Å². The van der Waals surface area contributed by atoms with Gasteiger partial charge in [-0.15, -0.1) is 0 Å². The highest BCUT2D eigenvalue weighted by molar-refractivity contribution is 7.17. The first-order chi connectivity index (χ1) is 8.81. The fourth-order valence-electron chi connectivity index (χ4n) is 1.18. The number of nitrogens with one attached hydrogen (secondary N) is 1. The molecule has 0 aliphatic carbocycles. The molecule has 1 heterocycles. The molecule has 19 heavy (non-hydrogen) atoms. The first-order valence-electron chi connectivity index (χ1n) is 4.87. The molecule has 0 aromatic carbocycles. The SMILES string of the molecule is NC(=O)C[C@@H](NC(=O)c1ccc([N+](=O)[O-])s1)C(=O)O. The van der Waals surface area contributed by atoms with E-state index in [9.17, 15) is 24.5 Å². The number of hydrogen-bond donors (Lipinski definition) is 3. The molecule has 0 spiro atoms. The van der Waals surface area contributed by atoms with Crippen LogP contribution < -0.4 is 11.1 Å². The molecule has 0 bridgehead atoms. The van der Waals surface area contributed by atoms with Crippen LogP contribution >= 0.6 is 11.3 Å². The number of nitrogens with zero attached hydrogens (tertiary/aromatic N) is 1. The maximum atomic E-state index is 11.6. The lowest BCUT2D eigenvalue weighted by molar-refractivity contribution is -0.380. The van der Waals surface area contributed by atoms with Gasteiger partial charge in [-0.05, 0) is 6.07 Å². The van der Waals surface area contributed by atoms with Crippen molar-refractivity contribution < 1.29 is 24.4 Å². The Morgan fingerprint density at radius 1 is 1.47 bits per heavy atom. The molecule has 0 radical (unpaired) electrons. The second-order valence-electron chi connectivity index (χ2n) is 3.43. The van der Waals surface area contributed by atoms with E-state index in [2.05, 4.69) is 5.32 Å². The highest BCUT2D eigenvalue weighted by Gasteiger charge is 2.24. The molecule has 1 atom stereocenters. The summed E-state index contributed by atoms with van der Waals surface area (Å²) in [5.74, 6) is -3.12. The third-order valence-electron chi connectivity index (χ3n) is 2.00. The van der Waals surface area contributed by atoms with Gasteiger partial charge in [0.15, 0.2) is 0 Å². The molecule has 0 fully saturated rings. The van der Waals surface area contributed by atoms with E-state index in [1.165, 1.54) is 6.07 Å². The van der Waals surface area contributed by atoms with Crippen molar-refractivity contribution in [1.82, 2.24) is 5.32 Å². The Bertz CT molecular complexity index is 540. The molecule has 2 amide bonds. The Balaban J connectivity index is 2.78. The van der Waals surface area contributed by atoms with Gasteiger partial charge >= 0.3 is 11.0 Å². The number of carboxylic acid groups (broad SMARTS) is 1. The van der Waals surface area contributed by atoms with Crippen molar-refractivity contribution in [3.05, 3.63) is 27.1 Å². The van der Waals surface area contributed by atoms with Gasteiger partial charge in [-0.1, -0.05) is 11.3 Å². The topological polar surface area (TPSA) is 153 Å². The predicted molar refractivity (Wildman–Crippen MR) is 63.7 cm³/mol. The molecule has 0 saturated heterocycles. The van der Waals surface area contributed by atoms with Gasteiger partial charge in [0, 0.05) is 6.07 Å². The molecule has 1 aromatic rings. The Hall–Kier alpha value is -2.49. The molecular formula is C9H9N3O6S. The lowest BCUT2D eigenvalue weighted by Crippen LogP contribution is -2.43. The molecule has 9 nitrogen and oxygen atoms in total. The molecule has 0 aliphatic rings. The number of thiophene rings is 1. The Morgan fingerprint density at radius 2 is 2.11 bits per heavy atom. The van der Waals surface area contributed by atoms with Crippen LogP contribution in [0.3, 0.4) is 0 Å². The predicted octanol–water partition coefficient (Wildman–Crippen LogP) is -0.285. The largest absolute Gasteiger partial charge is 0.480 e. The van der Waals surface area contributed by atoms with Crippen molar-refractivity contribution in [2.45, 2.75) is 12.5 Å². The summed E-state index contributed by atoms with van der Waals surface area (Å²) >= 11 is 0.601. The van der Waals surface area contributed by atoms with Crippen molar-refractivity contribution in [2.24, 2.45) is 5.73 Å². The molecule has 102 valence electrons. The number of carbonyl (C=O) groups is 3. The van der Waals surface area contributed by atoms with Crippen LogP contribution in [0.5, 0.6) is 0 Å². The Morgan fingerprint density at radius 3 is 2.53 bits per heavy atom. The molecule has 4 N–H and O–H groups in total. The number of amides is 2. The van der Waals surface area contributed by atoms with Crippen molar-refractivity contribution >= 4 is 34.1 Å². The average Bonchev–Trinajstić information content (AvgIpc) is 2.76.